The Hall–Kier alpha value is -0.120. The first-order valence-electron chi connectivity index (χ1n) is 7.29. The molecule has 1 fully saturated rings. The molecule has 1 heterocycles. The molecule has 0 aromatic carbocycles. The van der Waals surface area contributed by atoms with E-state index in [1.54, 1.807) is 0 Å². The lowest BCUT2D eigenvalue weighted by Crippen LogP contribution is -2.53. The molecule has 3 nitrogen and oxygen atoms in total. The van der Waals surface area contributed by atoms with Gasteiger partial charge >= 0.3 is 0 Å². The SMILES string of the molecule is CCCCN(CCCC)CC1(N)CCOCC1. The highest BCUT2D eigenvalue weighted by atomic mass is 16.5. The summed E-state index contributed by atoms with van der Waals surface area (Å²) in [5.41, 5.74) is 6.48. The molecule has 2 N–H and O–H groups in total. The van der Waals surface area contributed by atoms with Gasteiger partial charge < -0.3 is 15.4 Å². The second kappa shape index (κ2) is 8.06. The number of hydrogen-bond donors (Lipinski definition) is 1. The Morgan fingerprint density at radius 1 is 1.06 bits per heavy atom. The van der Waals surface area contributed by atoms with Gasteiger partial charge in [-0.2, -0.15) is 0 Å². The van der Waals surface area contributed by atoms with Crippen LogP contribution in [0.4, 0.5) is 0 Å². The van der Waals surface area contributed by atoms with Crippen LogP contribution >= 0.6 is 0 Å². The maximum atomic E-state index is 6.48. The summed E-state index contributed by atoms with van der Waals surface area (Å²) >= 11 is 0. The maximum Gasteiger partial charge on any atom is 0.0484 e. The third-order valence-corrected chi connectivity index (χ3v) is 3.68. The van der Waals surface area contributed by atoms with E-state index in [4.69, 9.17) is 10.5 Å². The molecule has 1 aliphatic heterocycles. The van der Waals surface area contributed by atoms with E-state index in [1.165, 1.54) is 38.8 Å². The summed E-state index contributed by atoms with van der Waals surface area (Å²) in [5, 5.41) is 0. The number of ether oxygens (including phenoxy) is 1. The predicted octanol–water partition coefficient (Wildman–Crippen LogP) is 2.40. The molecule has 0 atom stereocenters. The van der Waals surface area contributed by atoms with Crippen LogP contribution in [0.1, 0.15) is 52.4 Å². The van der Waals surface area contributed by atoms with Crippen molar-refractivity contribution in [2.75, 3.05) is 32.8 Å². The fourth-order valence-electron chi connectivity index (χ4n) is 2.41. The van der Waals surface area contributed by atoms with Gasteiger partial charge in [-0.3, -0.25) is 0 Å². The molecule has 1 aliphatic rings. The molecule has 1 saturated heterocycles. The zero-order valence-corrected chi connectivity index (χ0v) is 11.7. The summed E-state index contributed by atoms with van der Waals surface area (Å²) in [6.45, 7) is 9.65. The first-order chi connectivity index (χ1) is 8.20. The average Bonchev–Trinajstić information content (AvgIpc) is 2.33. The van der Waals surface area contributed by atoms with E-state index in [0.29, 0.717) is 0 Å². The van der Waals surface area contributed by atoms with Crippen molar-refractivity contribution >= 4 is 0 Å². The predicted molar refractivity (Wildman–Crippen MR) is 73.2 cm³/mol. The molecular weight excluding hydrogens is 212 g/mol. The summed E-state index contributed by atoms with van der Waals surface area (Å²) in [5.74, 6) is 0. The van der Waals surface area contributed by atoms with Gasteiger partial charge in [0.15, 0.2) is 0 Å². The van der Waals surface area contributed by atoms with E-state index >= 15 is 0 Å². The van der Waals surface area contributed by atoms with E-state index in [2.05, 4.69) is 18.7 Å². The molecule has 3 heteroatoms. The standard InChI is InChI=1S/C14H30N2O/c1-3-5-9-16(10-6-4-2)13-14(15)7-11-17-12-8-14/h3-13,15H2,1-2H3. The van der Waals surface area contributed by atoms with Crippen LogP contribution in [0.5, 0.6) is 0 Å². The summed E-state index contributed by atoms with van der Waals surface area (Å²) in [6.07, 6.45) is 7.14. The van der Waals surface area contributed by atoms with Gasteiger partial charge in [0.1, 0.15) is 0 Å². The zero-order valence-electron chi connectivity index (χ0n) is 11.7. The molecule has 0 radical (unpaired) electrons. The van der Waals surface area contributed by atoms with Crippen molar-refractivity contribution in [2.45, 2.75) is 57.9 Å². The van der Waals surface area contributed by atoms with Crippen molar-refractivity contribution in [3.05, 3.63) is 0 Å². The molecule has 0 aromatic heterocycles. The third kappa shape index (κ3) is 5.84. The Bertz CT molecular complexity index is 183. The fourth-order valence-corrected chi connectivity index (χ4v) is 2.41. The molecule has 17 heavy (non-hydrogen) atoms. The smallest absolute Gasteiger partial charge is 0.0484 e. The number of unbranched alkanes of at least 4 members (excludes halogenated alkanes) is 2. The first kappa shape index (κ1) is 14.9. The van der Waals surface area contributed by atoms with E-state index in [9.17, 15) is 0 Å². The highest BCUT2D eigenvalue weighted by molar-refractivity contribution is 4.89. The van der Waals surface area contributed by atoms with Gasteiger partial charge in [0.2, 0.25) is 0 Å². The number of rotatable bonds is 8. The Morgan fingerprint density at radius 3 is 2.06 bits per heavy atom. The van der Waals surface area contributed by atoms with E-state index in [0.717, 1.165) is 32.6 Å². The van der Waals surface area contributed by atoms with E-state index in [1.807, 2.05) is 0 Å². The van der Waals surface area contributed by atoms with Gasteiger partial charge in [0.05, 0.1) is 0 Å². The zero-order chi connectivity index (χ0) is 12.6. The van der Waals surface area contributed by atoms with Gasteiger partial charge in [0.25, 0.3) is 0 Å². The Balaban J connectivity index is 2.38. The normalized spacial score (nSPS) is 19.8. The van der Waals surface area contributed by atoms with Crippen LogP contribution < -0.4 is 5.73 Å². The molecule has 0 amide bonds. The summed E-state index contributed by atoms with van der Waals surface area (Å²) in [6, 6.07) is 0. The summed E-state index contributed by atoms with van der Waals surface area (Å²) in [7, 11) is 0. The van der Waals surface area contributed by atoms with Crippen molar-refractivity contribution in [3.8, 4) is 0 Å². The Morgan fingerprint density at radius 2 is 1.59 bits per heavy atom. The average molecular weight is 242 g/mol. The van der Waals surface area contributed by atoms with Gasteiger partial charge in [0, 0.05) is 25.3 Å². The second-order valence-electron chi connectivity index (χ2n) is 5.46. The second-order valence-corrected chi connectivity index (χ2v) is 5.46. The molecule has 0 bridgehead atoms. The molecule has 0 saturated carbocycles. The lowest BCUT2D eigenvalue weighted by atomic mass is 9.90. The number of nitrogens with zero attached hydrogens (tertiary/aromatic N) is 1. The van der Waals surface area contributed by atoms with Crippen LogP contribution in [0.2, 0.25) is 0 Å². The van der Waals surface area contributed by atoms with Crippen molar-refractivity contribution in [3.63, 3.8) is 0 Å². The highest BCUT2D eigenvalue weighted by Crippen LogP contribution is 2.19. The van der Waals surface area contributed by atoms with E-state index in [-0.39, 0.29) is 5.54 Å². The monoisotopic (exact) mass is 242 g/mol. The minimum atomic E-state index is -0.000265. The fraction of sp³-hybridized carbons (Fsp3) is 1.00. The van der Waals surface area contributed by atoms with Crippen LogP contribution in [0.25, 0.3) is 0 Å². The van der Waals surface area contributed by atoms with Gasteiger partial charge in [-0.25, -0.2) is 0 Å². The Kier molecular flexibility index (Phi) is 7.09. The molecule has 102 valence electrons. The first-order valence-corrected chi connectivity index (χ1v) is 7.29. The molecule has 0 spiro atoms. The highest BCUT2D eigenvalue weighted by Gasteiger charge is 2.29. The topological polar surface area (TPSA) is 38.5 Å². The van der Waals surface area contributed by atoms with Gasteiger partial charge in [-0.1, -0.05) is 26.7 Å². The van der Waals surface area contributed by atoms with Crippen molar-refractivity contribution in [1.82, 2.24) is 4.90 Å². The molecule has 0 aliphatic carbocycles. The van der Waals surface area contributed by atoms with Crippen LogP contribution in [0.3, 0.4) is 0 Å². The quantitative estimate of drug-likeness (QED) is 0.710. The van der Waals surface area contributed by atoms with Gasteiger partial charge in [-0.05, 0) is 38.8 Å². The minimum Gasteiger partial charge on any atom is -0.381 e. The number of nitrogens with two attached hydrogens (primary N) is 1. The third-order valence-electron chi connectivity index (χ3n) is 3.68. The van der Waals surface area contributed by atoms with Crippen molar-refractivity contribution in [1.29, 1.82) is 0 Å². The number of hydrogen-bond acceptors (Lipinski definition) is 3. The summed E-state index contributed by atoms with van der Waals surface area (Å²) in [4.78, 5) is 2.57. The lowest BCUT2D eigenvalue weighted by molar-refractivity contribution is 0.0372. The van der Waals surface area contributed by atoms with Crippen LogP contribution in [0.15, 0.2) is 0 Å². The van der Waals surface area contributed by atoms with Crippen LogP contribution in [0, 0.1) is 0 Å². The van der Waals surface area contributed by atoms with Crippen molar-refractivity contribution < 1.29 is 4.74 Å². The molecule has 0 aromatic rings. The molecule has 1 rings (SSSR count). The van der Waals surface area contributed by atoms with Gasteiger partial charge in [-0.15, -0.1) is 0 Å². The molecular formula is C14H30N2O. The van der Waals surface area contributed by atoms with Crippen LogP contribution in [-0.2, 0) is 4.74 Å². The largest absolute Gasteiger partial charge is 0.381 e. The minimum absolute atomic E-state index is 0.000265. The van der Waals surface area contributed by atoms with Crippen molar-refractivity contribution in [2.24, 2.45) is 5.73 Å². The Labute approximate surface area is 107 Å². The molecule has 0 unspecified atom stereocenters. The maximum absolute atomic E-state index is 6.48. The van der Waals surface area contributed by atoms with E-state index < -0.39 is 0 Å². The van der Waals surface area contributed by atoms with Crippen LogP contribution in [-0.4, -0.2) is 43.3 Å². The lowest BCUT2D eigenvalue weighted by Gasteiger charge is -2.38. The summed E-state index contributed by atoms with van der Waals surface area (Å²) < 4.78 is 5.41.